The van der Waals surface area contributed by atoms with Crippen LogP contribution in [0.25, 0.3) is 0 Å². The number of rotatable bonds is 3. The molecule has 1 saturated heterocycles. The van der Waals surface area contributed by atoms with Crippen molar-refractivity contribution in [2.45, 2.75) is 31.9 Å². The topological polar surface area (TPSA) is 6.48 Å². The summed E-state index contributed by atoms with van der Waals surface area (Å²) >= 11 is 5.62. The highest BCUT2D eigenvalue weighted by molar-refractivity contribution is 6.17. The number of nitrogens with zero attached hydrogens (tertiary/aromatic N) is 2. The second kappa shape index (κ2) is 6.44. The summed E-state index contributed by atoms with van der Waals surface area (Å²) in [6.07, 6.45) is -4.36. The second-order valence-corrected chi connectivity index (χ2v) is 5.66. The van der Waals surface area contributed by atoms with Crippen LogP contribution in [-0.2, 0) is 12.1 Å². The van der Waals surface area contributed by atoms with Crippen LogP contribution < -0.4 is 4.90 Å². The fraction of sp³-hybridized carbons (Fsp3) is 0.600. The number of piperazine rings is 1. The van der Waals surface area contributed by atoms with Crippen LogP contribution in [-0.4, -0.2) is 37.1 Å². The molecule has 2 nitrogen and oxygen atoms in total. The van der Waals surface area contributed by atoms with E-state index in [0.717, 1.165) is 26.2 Å². The van der Waals surface area contributed by atoms with Gasteiger partial charge in [-0.15, -0.1) is 11.6 Å². The molecule has 1 aliphatic heterocycles. The van der Waals surface area contributed by atoms with Gasteiger partial charge in [-0.25, -0.2) is 0 Å². The summed E-state index contributed by atoms with van der Waals surface area (Å²) in [6, 6.07) is 4.79. The van der Waals surface area contributed by atoms with E-state index >= 15 is 0 Å². The first-order valence-corrected chi connectivity index (χ1v) is 7.65. The molecule has 6 heteroatoms. The molecule has 1 heterocycles. The third kappa shape index (κ3) is 3.64. The Morgan fingerprint density at radius 2 is 2.00 bits per heavy atom. The van der Waals surface area contributed by atoms with Gasteiger partial charge in [0.1, 0.15) is 0 Å². The molecule has 1 aliphatic rings. The van der Waals surface area contributed by atoms with Gasteiger partial charge in [0.05, 0.1) is 5.56 Å². The molecule has 2 rings (SSSR count). The lowest BCUT2D eigenvalue weighted by atomic mass is 10.1. The monoisotopic (exact) mass is 320 g/mol. The zero-order chi connectivity index (χ0) is 15.6. The Kier molecular flexibility index (Phi) is 5.04. The van der Waals surface area contributed by atoms with Crippen molar-refractivity contribution >= 4 is 17.3 Å². The van der Waals surface area contributed by atoms with Gasteiger partial charge in [0, 0.05) is 37.2 Å². The molecule has 0 spiro atoms. The maximum atomic E-state index is 13.1. The Morgan fingerprint density at radius 3 is 2.52 bits per heavy atom. The SMILES string of the molecule is CCN1CCN(c2ccc(CCl)c(C(F)(F)F)c2)CC1C. The Balaban J connectivity index is 2.25. The van der Waals surface area contributed by atoms with E-state index in [0.29, 0.717) is 11.7 Å². The minimum atomic E-state index is -4.36. The van der Waals surface area contributed by atoms with E-state index in [1.165, 1.54) is 12.1 Å². The Labute approximate surface area is 128 Å². The van der Waals surface area contributed by atoms with E-state index in [1.54, 1.807) is 6.07 Å². The second-order valence-electron chi connectivity index (χ2n) is 5.40. The molecule has 0 saturated carbocycles. The molecule has 0 N–H and O–H groups in total. The zero-order valence-corrected chi connectivity index (χ0v) is 13.0. The molecule has 21 heavy (non-hydrogen) atoms. The van der Waals surface area contributed by atoms with Crippen molar-refractivity contribution in [2.24, 2.45) is 0 Å². The van der Waals surface area contributed by atoms with Gasteiger partial charge in [0.25, 0.3) is 0 Å². The Morgan fingerprint density at radius 1 is 1.29 bits per heavy atom. The van der Waals surface area contributed by atoms with E-state index in [2.05, 4.69) is 18.7 Å². The molecule has 0 bridgehead atoms. The van der Waals surface area contributed by atoms with Gasteiger partial charge in [-0.05, 0) is 31.2 Å². The van der Waals surface area contributed by atoms with Crippen molar-refractivity contribution in [2.75, 3.05) is 31.1 Å². The van der Waals surface area contributed by atoms with Crippen molar-refractivity contribution in [1.29, 1.82) is 0 Å². The summed E-state index contributed by atoms with van der Waals surface area (Å²) in [5, 5.41) is 0. The standard InChI is InChI=1S/C15H20ClF3N2/c1-3-20-6-7-21(10-11(20)2)13-5-4-12(9-16)14(8-13)15(17,18)19/h4-5,8,11H,3,6-7,9-10H2,1-2H3. The normalized spacial score (nSPS) is 20.9. The molecule has 0 radical (unpaired) electrons. The van der Waals surface area contributed by atoms with Crippen molar-refractivity contribution in [3.8, 4) is 0 Å². The van der Waals surface area contributed by atoms with Crippen LogP contribution in [0, 0.1) is 0 Å². The third-order valence-electron chi connectivity index (χ3n) is 4.08. The quantitative estimate of drug-likeness (QED) is 0.777. The van der Waals surface area contributed by atoms with Gasteiger partial charge in [0.2, 0.25) is 0 Å². The summed E-state index contributed by atoms with van der Waals surface area (Å²) in [4.78, 5) is 4.35. The lowest BCUT2D eigenvalue weighted by molar-refractivity contribution is -0.138. The van der Waals surface area contributed by atoms with Crippen molar-refractivity contribution in [1.82, 2.24) is 4.90 Å². The first-order valence-electron chi connectivity index (χ1n) is 7.12. The predicted molar refractivity (Wildman–Crippen MR) is 79.9 cm³/mol. The van der Waals surface area contributed by atoms with E-state index < -0.39 is 11.7 Å². The average Bonchev–Trinajstić information content (AvgIpc) is 2.45. The molecule has 1 aromatic rings. The molecular formula is C15H20ClF3N2. The maximum Gasteiger partial charge on any atom is 0.416 e. The van der Waals surface area contributed by atoms with Gasteiger partial charge in [-0.1, -0.05) is 13.0 Å². The number of halogens is 4. The fourth-order valence-electron chi connectivity index (χ4n) is 2.84. The molecule has 0 amide bonds. The largest absolute Gasteiger partial charge is 0.416 e. The summed E-state index contributed by atoms with van der Waals surface area (Å²) in [5.41, 5.74) is 0.132. The molecule has 118 valence electrons. The Bertz CT molecular complexity index is 490. The highest BCUT2D eigenvalue weighted by atomic mass is 35.5. The molecule has 1 atom stereocenters. The predicted octanol–water partition coefficient (Wildman–Crippen LogP) is 3.97. The van der Waals surface area contributed by atoms with Crippen molar-refractivity contribution in [3.05, 3.63) is 29.3 Å². The number of alkyl halides is 4. The summed E-state index contributed by atoms with van der Waals surface area (Å²) in [6.45, 7) is 7.53. The van der Waals surface area contributed by atoms with Crippen LogP contribution in [0.3, 0.4) is 0 Å². The minimum Gasteiger partial charge on any atom is -0.369 e. The smallest absolute Gasteiger partial charge is 0.369 e. The number of anilines is 1. The van der Waals surface area contributed by atoms with Crippen LogP contribution in [0.1, 0.15) is 25.0 Å². The van der Waals surface area contributed by atoms with Crippen LogP contribution in [0.15, 0.2) is 18.2 Å². The van der Waals surface area contributed by atoms with E-state index in [1.807, 2.05) is 4.90 Å². The Hall–Kier alpha value is -0.940. The minimum absolute atomic E-state index is 0.130. The van der Waals surface area contributed by atoms with Gasteiger partial charge in [0.15, 0.2) is 0 Å². The number of benzene rings is 1. The van der Waals surface area contributed by atoms with Crippen molar-refractivity contribution in [3.63, 3.8) is 0 Å². The number of hydrogen-bond donors (Lipinski definition) is 0. The summed E-state index contributed by atoms with van der Waals surface area (Å²) in [5.74, 6) is -0.130. The summed E-state index contributed by atoms with van der Waals surface area (Å²) < 4.78 is 39.3. The zero-order valence-electron chi connectivity index (χ0n) is 12.3. The van der Waals surface area contributed by atoms with E-state index in [-0.39, 0.29) is 11.4 Å². The van der Waals surface area contributed by atoms with E-state index in [4.69, 9.17) is 11.6 Å². The van der Waals surface area contributed by atoms with Gasteiger partial charge >= 0.3 is 6.18 Å². The molecule has 1 fully saturated rings. The highest BCUT2D eigenvalue weighted by Crippen LogP contribution is 2.35. The first kappa shape index (κ1) is 16.4. The molecule has 0 aliphatic carbocycles. The van der Waals surface area contributed by atoms with Gasteiger partial charge < -0.3 is 4.90 Å². The van der Waals surface area contributed by atoms with Crippen molar-refractivity contribution < 1.29 is 13.2 Å². The number of hydrogen-bond acceptors (Lipinski definition) is 2. The van der Waals surface area contributed by atoms with Crippen LogP contribution in [0.5, 0.6) is 0 Å². The van der Waals surface area contributed by atoms with Crippen LogP contribution in [0.2, 0.25) is 0 Å². The average molecular weight is 321 g/mol. The molecule has 1 unspecified atom stereocenters. The van der Waals surface area contributed by atoms with Gasteiger partial charge in [-0.3, -0.25) is 4.90 Å². The maximum absolute atomic E-state index is 13.1. The molecule has 1 aromatic carbocycles. The fourth-order valence-corrected chi connectivity index (χ4v) is 3.07. The molecular weight excluding hydrogens is 301 g/mol. The summed E-state index contributed by atoms with van der Waals surface area (Å²) in [7, 11) is 0. The lowest BCUT2D eigenvalue weighted by Crippen LogP contribution is -2.51. The molecule has 0 aromatic heterocycles. The first-order chi connectivity index (χ1) is 9.86. The number of likely N-dealkylation sites (N-methyl/N-ethyl adjacent to an activating group) is 1. The lowest BCUT2D eigenvalue weighted by Gasteiger charge is -2.40. The van der Waals surface area contributed by atoms with Crippen LogP contribution >= 0.6 is 11.6 Å². The third-order valence-corrected chi connectivity index (χ3v) is 4.37. The van der Waals surface area contributed by atoms with E-state index in [9.17, 15) is 13.2 Å². The van der Waals surface area contributed by atoms with Crippen LogP contribution in [0.4, 0.5) is 18.9 Å². The van der Waals surface area contributed by atoms with Gasteiger partial charge in [-0.2, -0.15) is 13.2 Å². The highest BCUT2D eigenvalue weighted by Gasteiger charge is 2.34.